The smallest absolute Gasteiger partial charge is 0.0545 e. The van der Waals surface area contributed by atoms with E-state index in [4.69, 9.17) is 0 Å². The lowest BCUT2D eigenvalue weighted by molar-refractivity contribution is -0.132. The molecule has 132 valence electrons. The Kier molecular flexibility index (Phi) is 3.89. The van der Waals surface area contributed by atoms with Crippen LogP contribution in [0.4, 0.5) is 0 Å². The molecule has 0 saturated heterocycles. The average molecular weight is 321 g/mol. The topological polar surface area (TPSA) is 40.5 Å². The second-order valence-corrected chi connectivity index (χ2v) is 10.1. The van der Waals surface area contributed by atoms with E-state index < -0.39 is 0 Å². The van der Waals surface area contributed by atoms with E-state index in [9.17, 15) is 10.2 Å². The molecular formula is C21H36O2. The molecule has 0 spiro atoms. The number of aliphatic hydroxyl groups is 2. The van der Waals surface area contributed by atoms with Crippen molar-refractivity contribution in [2.45, 2.75) is 90.8 Å². The first-order chi connectivity index (χ1) is 10.9. The SMILES string of the molecule is C[C@H](O)[C@H]1CC[C@H]2[C@@H]3CCC4C[C@@H](O)CC[C@]4(C)[C@H]3CC[C@]12C. The van der Waals surface area contributed by atoms with Gasteiger partial charge in [0.15, 0.2) is 0 Å². The van der Waals surface area contributed by atoms with Gasteiger partial charge >= 0.3 is 0 Å². The molecule has 2 heteroatoms. The van der Waals surface area contributed by atoms with Crippen molar-refractivity contribution in [3.8, 4) is 0 Å². The molecule has 0 aromatic heterocycles. The van der Waals surface area contributed by atoms with E-state index >= 15 is 0 Å². The van der Waals surface area contributed by atoms with Gasteiger partial charge in [0.05, 0.1) is 12.2 Å². The molecule has 0 aromatic rings. The van der Waals surface area contributed by atoms with Gasteiger partial charge in [-0.1, -0.05) is 13.8 Å². The fourth-order valence-corrected chi connectivity index (χ4v) is 8.07. The van der Waals surface area contributed by atoms with E-state index in [1.54, 1.807) is 0 Å². The first kappa shape index (κ1) is 16.4. The van der Waals surface area contributed by atoms with Crippen LogP contribution in [0, 0.1) is 40.4 Å². The minimum absolute atomic E-state index is 0.0374. The predicted molar refractivity (Wildman–Crippen MR) is 92.9 cm³/mol. The Labute approximate surface area is 142 Å². The van der Waals surface area contributed by atoms with Crippen LogP contribution in [0.2, 0.25) is 0 Å². The maximum Gasteiger partial charge on any atom is 0.0545 e. The lowest BCUT2D eigenvalue weighted by atomic mass is 9.44. The van der Waals surface area contributed by atoms with Crippen LogP contribution in [-0.4, -0.2) is 22.4 Å². The summed E-state index contributed by atoms with van der Waals surface area (Å²) in [5, 5.41) is 20.4. The molecular weight excluding hydrogens is 284 g/mol. The maximum absolute atomic E-state index is 10.3. The van der Waals surface area contributed by atoms with Crippen molar-refractivity contribution >= 4 is 0 Å². The van der Waals surface area contributed by atoms with E-state index in [1.807, 2.05) is 6.92 Å². The third-order valence-electron chi connectivity index (χ3n) is 9.29. The van der Waals surface area contributed by atoms with Crippen LogP contribution in [0.25, 0.3) is 0 Å². The second kappa shape index (κ2) is 5.46. The maximum atomic E-state index is 10.3. The Morgan fingerprint density at radius 3 is 2.30 bits per heavy atom. The van der Waals surface area contributed by atoms with E-state index in [-0.39, 0.29) is 12.2 Å². The van der Waals surface area contributed by atoms with Gasteiger partial charge < -0.3 is 10.2 Å². The molecule has 0 aliphatic heterocycles. The minimum atomic E-state index is -0.140. The van der Waals surface area contributed by atoms with Crippen molar-refractivity contribution < 1.29 is 10.2 Å². The van der Waals surface area contributed by atoms with Crippen LogP contribution in [0.5, 0.6) is 0 Å². The Hall–Kier alpha value is -0.0800. The van der Waals surface area contributed by atoms with Crippen LogP contribution in [0.3, 0.4) is 0 Å². The highest BCUT2D eigenvalue weighted by Gasteiger charge is 2.60. The lowest BCUT2D eigenvalue weighted by Crippen LogP contribution is -2.54. The summed E-state index contributed by atoms with van der Waals surface area (Å²) in [5.41, 5.74) is 0.860. The van der Waals surface area contributed by atoms with Crippen LogP contribution >= 0.6 is 0 Å². The van der Waals surface area contributed by atoms with Crippen molar-refractivity contribution in [2.24, 2.45) is 40.4 Å². The summed E-state index contributed by atoms with van der Waals surface area (Å²) in [6, 6.07) is 0. The fourth-order valence-electron chi connectivity index (χ4n) is 8.07. The third kappa shape index (κ3) is 2.27. The quantitative estimate of drug-likeness (QED) is 0.752. The summed E-state index contributed by atoms with van der Waals surface area (Å²) in [6.45, 7) is 7.08. The minimum Gasteiger partial charge on any atom is -0.393 e. The molecule has 2 N–H and O–H groups in total. The molecule has 0 amide bonds. The Morgan fingerprint density at radius 1 is 0.870 bits per heavy atom. The summed E-state index contributed by atoms with van der Waals surface area (Å²) < 4.78 is 0. The fraction of sp³-hybridized carbons (Fsp3) is 1.00. The summed E-state index contributed by atoms with van der Waals surface area (Å²) in [5.74, 6) is 3.87. The monoisotopic (exact) mass is 320 g/mol. The van der Waals surface area contributed by atoms with Gasteiger partial charge in [0.1, 0.15) is 0 Å². The van der Waals surface area contributed by atoms with Gasteiger partial charge in [0.25, 0.3) is 0 Å². The van der Waals surface area contributed by atoms with E-state index in [0.717, 1.165) is 36.5 Å². The van der Waals surface area contributed by atoms with E-state index in [1.165, 1.54) is 44.9 Å². The Bertz CT molecular complexity index is 461. The summed E-state index contributed by atoms with van der Waals surface area (Å²) in [7, 11) is 0. The largest absolute Gasteiger partial charge is 0.393 e. The lowest BCUT2D eigenvalue weighted by Gasteiger charge is -2.61. The Morgan fingerprint density at radius 2 is 1.57 bits per heavy atom. The molecule has 1 unspecified atom stereocenters. The van der Waals surface area contributed by atoms with Gasteiger partial charge in [-0.15, -0.1) is 0 Å². The highest BCUT2D eigenvalue weighted by atomic mass is 16.3. The standard InChI is InChI=1S/C21H36O2/c1-13(22)17-6-7-18-16-5-4-14-12-15(23)8-10-20(14,2)19(16)9-11-21(17,18)3/h13-19,22-23H,4-12H2,1-3H3/t13-,14?,15-,16-,17+,18-,19-,20-,21+/m0/s1. The highest BCUT2D eigenvalue weighted by molar-refractivity contribution is 5.09. The number of hydrogen-bond acceptors (Lipinski definition) is 2. The number of aliphatic hydroxyl groups excluding tert-OH is 2. The number of hydrogen-bond donors (Lipinski definition) is 2. The first-order valence-electron chi connectivity index (χ1n) is 10.2. The normalized spacial score (nSPS) is 57.3. The average Bonchev–Trinajstić information content (AvgIpc) is 2.85. The van der Waals surface area contributed by atoms with Gasteiger partial charge in [-0.05, 0) is 105 Å². The molecule has 0 radical (unpaired) electrons. The highest BCUT2D eigenvalue weighted by Crippen LogP contribution is 2.67. The zero-order valence-corrected chi connectivity index (χ0v) is 15.3. The van der Waals surface area contributed by atoms with Crippen molar-refractivity contribution in [1.29, 1.82) is 0 Å². The van der Waals surface area contributed by atoms with E-state index in [0.29, 0.717) is 16.7 Å². The van der Waals surface area contributed by atoms with E-state index in [2.05, 4.69) is 13.8 Å². The zero-order valence-electron chi connectivity index (χ0n) is 15.3. The molecule has 4 fully saturated rings. The van der Waals surface area contributed by atoms with Crippen LogP contribution in [0.1, 0.15) is 78.6 Å². The van der Waals surface area contributed by atoms with Gasteiger partial charge in [-0.3, -0.25) is 0 Å². The van der Waals surface area contributed by atoms with Crippen LogP contribution in [0.15, 0.2) is 0 Å². The summed E-state index contributed by atoms with van der Waals surface area (Å²) in [6.07, 6.45) is 11.1. The molecule has 4 saturated carbocycles. The van der Waals surface area contributed by atoms with Crippen molar-refractivity contribution in [3.63, 3.8) is 0 Å². The molecule has 2 nitrogen and oxygen atoms in total. The van der Waals surface area contributed by atoms with Crippen molar-refractivity contribution in [2.75, 3.05) is 0 Å². The second-order valence-electron chi connectivity index (χ2n) is 10.1. The molecule has 4 aliphatic rings. The van der Waals surface area contributed by atoms with Gasteiger partial charge in [-0.2, -0.15) is 0 Å². The predicted octanol–water partition coefficient (Wildman–Crippen LogP) is 4.39. The molecule has 4 rings (SSSR count). The number of rotatable bonds is 1. The summed E-state index contributed by atoms with van der Waals surface area (Å²) in [4.78, 5) is 0. The van der Waals surface area contributed by atoms with Crippen LogP contribution in [-0.2, 0) is 0 Å². The molecule has 0 bridgehead atoms. The molecule has 0 aromatic carbocycles. The van der Waals surface area contributed by atoms with Crippen LogP contribution < -0.4 is 0 Å². The number of fused-ring (bicyclic) bond motifs is 5. The van der Waals surface area contributed by atoms with Gasteiger partial charge in [0.2, 0.25) is 0 Å². The molecule has 4 aliphatic carbocycles. The molecule has 23 heavy (non-hydrogen) atoms. The molecule has 9 atom stereocenters. The van der Waals surface area contributed by atoms with Crippen molar-refractivity contribution in [3.05, 3.63) is 0 Å². The zero-order chi connectivity index (χ0) is 16.4. The van der Waals surface area contributed by atoms with Gasteiger partial charge in [0, 0.05) is 0 Å². The van der Waals surface area contributed by atoms with Crippen molar-refractivity contribution in [1.82, 2.24) is 0 Å². The third-order valence-corrected chi connectivity index (χ3v) is 9.29. The summed E-state index contributed by atoms with van der Waals surface area (Å²) >= 11 is 0. The first-order valence-corrected chi connectivity index (χ1v) is 10.2. The Balaban J connectivity index is 1.60. The molecule has 0 heterocycles. The van der Waals surface area contributed by atoms with Gasteiger partial charge in [-0.25, -0.2) is 0 Å².